The van der Waals surface area contributed by atoms with Gasteiger partial charge in [-0.3, -0.25) is 0 Å². The first-order chi connectivity index (χ1) is 4.88. The van der Waals surface area contributed by atoms with E-state index in [1.807, 2.05) is 0 Å². The highest BCUT2D eigenvalue weighted by molar-refractivity contribution is 4.89. The van der Waals surface area contributed by atoms with Crippen molar-refractivity contribution in [2.24, 2.45) is 11.8 Å². The van der Waals surface area contributed by atoms with Gasteiger partial charge in [-0.1, -0.05) is 6.42 Å². The van der Waals surface area contributed by atoms with E-state index in [-0.39, 0.29) is 6.10 Å². The molecular formula is C8H15NO. The molecule has 2 heteroatoms. The molecule has 1 saturated heterocycles. The molecule has 58 valence electrons. The number of aliphatic hydroxyl groups is 1. The van der Waals surface area contributed by atoms with Gasteiger partial charge in [0.05, 0.1) is 6.10 Å². The van der Waals surface area contributed by atoms with E-state index in [0.29, 0.717) is 5.92 Å². The minimum absolute atomic E-state index is 0.00579. The van der Waals surface area contributed by atoms with E-state index >= 15 is 0 Å². The molecule has 10 heavy (non-hydrogen) atoms. The first-order valence-electron chi connectivity index (χ1n) is 4.26. The lowest BCUT2D eigenvalue weighted by molar-refractivity contribution is 0.0563. The first kappa shape index (κ1) is 6.62. The van der Waals surface area contributed by atoms with Crippen LogP contribution in [0.15, 0.2) is 0 Å². The van der Waals surface area contributed by atoms with Crippen molar-refractivity contribution in [2.45, 2.75) is 25.4 Å². The predicted octanol–water partition coefficient (Wildman–Crippen LogP) is 0.367. The lowest BCUT2D eigenvalue weighted by Gasteiger charge is -2.28. The van der Waals surface area contributed by atoms with Gasteiger partial charge in [0.15, 0.2) is 0 Å². The summed E-state index contributed by atoms with van der Waals surface area (Å²) in [5.74, 6) is 1.36. The third-order valence-corrected chi connectivity index (χ3v) is 2.96. The smallest absolute Gasteiger partial charge is 0.0583 e. The average Bonchev–Trinajstić information content (AvgIpc) is 2.36. The molecule has 0 aromatic carbocycles. The zero-order chi connectivity index (χ0) is 6.97. The summed E-state index contributed by atoms with van der Waals surface area (Å²) in [6.07, 6.45) is 3.58. The van der Waals surface area contributed by atoms with Crippen LogP contribution < -0.4 is 5.32 Å². The highest BCUT2D eigenvalue weighted by atomic mass is 16.3. The Balaban J connectivity index is 2.03. The van der Waals surface area contributed by atoms with Crippen LogP contribution in [0, 0.1) is 11.8 Å². The average molecular weight is 141 g/mol. The number of hydrogen-bond donors (Lipinski definition) is 2. The van der Waals surface area contributed by atoms with Crippen LogP contribution in [0.25, 0.3) is 0 Å². The van der Waals surface area contributed by atoms with Crippen molar-refractivity contribution in [3.63, 3.8) is 0 Å². The number of hydrogen-bond acceptors (Lipinski definition) is 2. The molecule has 0 aromatic rings. The van der Waals surface area contributed by atoms with Crippen molar-refractivity contribution in [1.29, 1.82) is 0 Å². The Morgan fingerprint density at radius 1 is 1.20 bits per heavy atom. The largest absolute Gasteiger partial charge is 0.393 e. The van der Waals surface area contributed by atoms with Gasteiger partial charge < -0.3 is 10.4 Å². The summed E-state index contributed by atoms with van der Waals surface area (Å²) in [6.45, 7) is 2.19. The van der Waals surface area contributed by atoms with Crippen molar-refractivity contribution in [1.82, 2.24) is 5.32 Å². The van der Waals surface area contributed by atoms with Gasteiger partial charge in [-0.25, -0.2) is 0 Å². The fraction of sp³-hybridized carbons (Fsp3) is 1.00. The molecule has 0 spiro atoms. The van der Waals surface area contributed by atoms with Crippen LogP contribution in [0.3, 0.4) is 0 Å². The maximum absolute atomic E-state index is 9.54. The molecule has 2 unspecified atom stereocenters. The van der Waals surface area contributed by atoms with Crippen molar-refractivity contribution >= 4 is 0 Å². The van der Waals surface area contributed by atoms with Crippen molar-refractivity contribution in [3.05, 3.63) is 0 Å². The fourth-order valence-corrected chi connectivity index (χ4v) is 2.32. The molecule has 0 aromatic heterocycles. The van der Waals surface area contributed by atoms with Gasteiger partial charge in [-0.05, 0) is 25.3 Å². The maximum atomic E-state index is 9.54. The summed E-state index contributed by atoms with van der Waals surface area (Å²) < 4.78 is 0. The summed E-state index contributed by atoms with van der Waals surface area (Å²) in [7, 11) is 0. The quantitative estimate of drug-likeness (QED) is 0.510. The number of nitrogens with one attached hydrogen (secondary N) is 1. The zero-order valence-corrected chi connectivity index (χ0v) is 6.21. The van der Waals surface area contributed by atoms with E-state index in [0.717, 1.165) is 25.4 Å². The molecule has 1 heterocycles. The van der Waals surface area contributed by atoms with Gasteiger partial charge in [0.2, 0.25) is 0 Å². The Kier molecular flexibility index (Phi) is 1.66. The number of fused-ring (bicyclic) bond motifs is 1. The lowest BCUT2D eigenvalue weighted by Crippen LogP contribution is -2.31. The molecule has 0 amide bonds. The Hall–Kier alpha value is -0.0800. The SMILES string of the molecule is OC1CCCC2CNC[C@H]12. The van der Waals surface area contributed by atoms with Crippen molar-refractivity contribution in [3.8, 4) is 0 Å². The van der Waals surface area contributed by atoms with Gasteiger partial charge in [0.1, 0.15) is 0 Å². The molecule has 2 rings (SSSR count). The van der Waals surface area contributed by atoms with Crippen LogP contribution in [0.4, 0.5) is 0 Å². The summed E-state index contributed by atoms with van der Waals surface area (Å²) in [4.78, 5) is 0. The molecule has 2 aliphatic rings. The topological polar surface area (TPSA) is 32.3 Å². The minimum Gasteiger partial charge on any atom is -0.393 e. The zero-order valence-electron chi connectivity index (χ0n) is 6.21. The molecule has 2 fully saturated rings. The van der Waals surface area contributed by atoms with E-state index < -0.39 is 0 Å². The predicted molar refractivity (Wildman–Crippen MR) is 39.7 cm³/mol. The van der Waals surface area contributed by atoms with E-state index in [2.05, 4.69) is 5.32 Å². The van der Waals surface area contributed by atoms with Crippen molar-refractivity contribution < 1.29 is 5.11 Å². The summed E-state index contributed by atoms with van der Waals surface area (Å²) in [5.41, 5.74) is 0. The Labute approximate surface area is 61.6 Å². The highest BCUT2D eigenvalue weighted by Gasteiger charge is 2.35. The monoisotopic (exact) mass is 141 g/mol. The normalized spacial score (nSPS) is 47.1. The van der Waals surface area contributed by atoms with Crippen LogP contribution in [-0.2, 0) is 0 Å². The molecule has 2 nitrogen and oxygen atoms in total. The van der Waals surface area contributed by atoms with Gasteiger partial charge in [0, 0.05) is 12.5 Å². The van der Waals surface area contributed by atoms with E-state index in [9.17, 15) is 5.11 Å². The Morgan fingerprint density at radius 2 is 2.10 bits per heavy atom. The molecule has 1 aliphatic heterocycles. The minimum atomic E-state index is -0.00579. The van der Waals surface area contributed by atoms with Crippen molar-refractivity contribution in [2.75, 3.05) is 13.1 Å². The third kappa shape index (κ3) is 0.956. The maximum Gasteiger partial charge on any atom is 0.0583 e. The van der Waals surface area contributed by atoms with Gasteiger partial charge >= 0.3 is 0 Å². The van der Waals surface area contributed by atoms with E-state index in [4.69, 9.17) is 0 Å². The van der Waals surface area contributed by atoms with Gasteiger partial charge in [-0.15, -0.1) is 0 Å². The van der Waals surface area contributed by atoms with Gasteiger partial charge in [0.25, 0.3) is 0 Å². The molecule has 1 aliphatic carbocycles. The van der Waals surface area contributed by atoms with Gasteiger partial charge in [-0.2, -0.15) is 0 Å². The second-order valence-electron chi connectivity index (χ2n) is 3.58. The molecule has 3 atom stereocenters. The highest BCUT2D eigenvalue weighted by Crippen LogP contribution is 2.32. The second kappa shape index (κ2) is 2.51. The van der Waals surface area contributed by atoms with Crippen LogP contribution in [0.5, 0.6) is 0 Å². The standard InChI is InChI=1S/C8H15NO/c10-8-3-1-2-6-4-9-5-7(6)8/h6-10H,1-5H2/t6?,7-,8?/m0/s1. The van der Waals surface area contributed by atoms with Crippen LogP contribution in [0.2, 0.25) is 0 Å². The van der Waals surface area contributed by atoms with E-state index in [1.54, 1.807) is 0 Å². The Morgan fingerprint density at radius 3 is 2.90 bits per heavy atom. The number of aliphatic hydroxyl groups excluding tert-OH is 1. The summed E-state index contributed by atoms with van der Waals surface area (Å²) in [5, 5.41) is 12.9. The first-order valence-corrected chi connectivity index (χ1v) is 4.26. The third-order valence-electron chi connectivity index (χ3n) is 2.96. The molecule has 1 saturated carbocycles. The second-order valence-corrected chi connectivity index (χ2v) is 3.58. The fourth-order valence-electron chi connectivity index (χ4n) is 2.32. The van der Waals surface area contributed by atoms with E-state index in [1.165, 1.54) is 12.8 Å². The van der Waals surface area contributed by atoms with Crippen LogP contribution in [0.1, 0.15) is 19.3 Å². The summed E-state index contributed by atoms with van der Waals surface area (Å²) >= 11 is 0. The summed E-state index contributed by atoms with van der Waals surface area (Å²) in [6, 6.07) is 0. The molecule has 0 radical (unpaired) electrons. The van der Waals surface area contributed by atoms with Crippen LogP contribution >= 0.6 is 0 Å². The molecule has 0 bridgehead atoms. The van der Waals surface area contributed by atoms with Crippen LogP contribution in [-0.4, -0.2) is 24.3 Å². The lowest BCUT2D eigenvalue weighted by atomic mass is 9.80. The molecular weight excluding hydrogens is 126 g/mol. The Bertz CT molecular complexity index is 126. The number of rotatable bonds is 0. The molecule has 2 N–H and O–H groups in total.